The molecule has 3 heteroatoms. The number of hydrogen-bond acceptors (Lipinski definition) is 2. The monoisotopic (exact) mass is 331 g/mol. The molecule has 1 N–H and O–H groups in total. The largest absolute Gasteiger partial charge is 0.489 e. The summed E-state index contributed by atoms with van der Waals surface area (Å²) in [5, 5.41) is 3.59. The second-order valence-corrected chi connectivity index (χ2v) is 6.39. The molecule has 1 unspecified atom stereocenters. The van der Waals surface area contributed by atoms with Crippen molar-refractivity contribution < 1.29 is 4.74 Å². The smallest absolute Gasteiger partial charge is 0.142 e. The molecule has 2 aromatic rings. The van der Waals surface area contributed by atoms with Crippen molar-refractivity contribution in [2.24, 2.45) is 0 Å². The molecule has 0 bridgehead atoms. The van der Waals surface area contributed by atoms with E-state index in [0.717, 1.165) is 15.9 Å². The summed E-state index contributed by atoms with van der Waals surface area (Å²) >= 11 is 3.52. The Labute approximate surface area is 128 Å². The van der Waals surface area contributed by atoms with E-state index in [1.807, 2.05) is 6.07 Å². The Kier molecular flexibility index (Phi) is 3.70. The highest BCUT2D eigenvalue weighted by Crippen LogP contribution is 2.36. The van der Waals surface area contributed by atoms with Crippen molar-refractivity contribution >= 4 is 21.6 Å². The fraction of sp³-hybridized carbons (Fsp3) is 0.294. The van der Waals surface area contributed by atoms with Crippen LogP contribution < -0.4 is 10.1 Å². The van der Waals surface area contributed by atoms with E-state index in [1.54, 1.807) is 0 Å². The van der Waals surface area contributed by atoms with Crippen LogP contribution in [-0.2, 0) is 0 Å². The fourth-order valence-corrected chi connectivity index (χ4v) is 2.87. The lowest BCUT2D eigenvalue weighted by Crippen LogP contribution is -2.24. The van der Waals surface area contributed by atoms with Crippen LogP contribution in [0.15, 0.2) is 46.9 Å². The molecule has 20 heavy (non-hydrogen) atoms. The van der Waals surface area contributed by atoms with Crippen LogP contribution in [0.5, 0.6) is 5.75 Å². The quantitative estimate of drug-likeness (QED) is 0.824. The van der Waals surface area contributed by atoms with Crippen LogP contribution in [0.3, 0.4) is 0 Å². The molecule has 1 atom stereocenters. The zero-order chi connectivity index (χ0) is 14.1. The van der Waals surface area contributed by atoms with Crippen molar-refractivity contribution in [2.75, 3.05) is 11.9 Å². The van der Waals surface area contributed by atoms with Crippen LogP contribution >= 0.6 is 15.9 Å². The Morgan fingerprint density at radius 1 is 1.20 bits per heavy atom. The van der Waals surface area contributed by atoms with Gasteiger partial charge in [-0.25, -0.2) is 0 Å². The van der Waals surface area contributed by atoms with Gasteiger partial charge in [-0.05, 0) is 41.3 Å². The normalized spacial score (nSPS) is 17.3. The molecule has 0 fully saturated rings. The molecule has 0 radical (unpaired) electrons. The first-order chi connectivity index (χ1) is 9.63. The van der Waals surface area contributed by atoms with E-state index >= 15 is 0 Å². The number of benzene rings is 2. The van der Waals surface area contributed by atoms with Crippen LogP contribution in [0.4, 0.5) is 5.69 Å². The van der Waals surface area contributed by atoms with E-state index in [9.17, 15) is 0 Å². The van der Waals surface area contributed by atoms with Gasteiger partial charge in [0, 0.05) is 4.47 Å². The van der Waals surface area contributed by atoms with Gasteiger partial charge in [0.25, 0.3) is 0 Å². The molecule has 3 rings (SSSR count). The summed E-state index contributed by atoms with van der Waals surface area (Å²) in [6, 6.07) is 15.0. The van der Waals surface area contributed by atoms with Gasteiger partial charge in [0.1, 0.15) is 12.4 Å². The topological polar surface area (TPSA) is 21.3 Å². The van der Waals surface area contributed by atoms with E-state index in [-0.39, 0.29) is 6.04 Å². The maximum absolute atomic E-state index is 5.89. The van der Waals surface area contributed by atoms with Gasteiger partial charge in [-0.2, -0.15) is 0 Å². The summed E-state index contributed by atoms with van der Waals surface area (Å²) < 4.78 is 6.98. The number of anilines is 1. The molecule has 2 nitrogen and oxygen atoms in total. The van der Waals surface area contributed by atoms with Gasteiger partial charge in [0.2, 0.25) is 0 Å². The van der Waals surface area contributed by atoms with Crippen LogP contribution in [0.25, 0.3) is 0 Å². The third-order valence-electron chi connectivity index (χ3n) is 3.66. The molecular formula is C17H18BrNO. The van der Waals surface area contributed by atoms with Gasteiger partial charge in [0.05, 0.1) is 11.7 Å². The first kappa shape index (κ1) is 13.5. The lowest BCUT2D eigenvalue weighted by atomic mass is 10.0. The summed E-state index contributed by atoms with van der Waals surface area (Å²) in [5.41, 5.74) is 3.65. The molecule has 1 heterocycles. The average Bonchev–Trinajstić information content (AvgIpc) is 2.46. The predicted molar refractivity (Wildman–Crippen MR) is 86.5 cm³/mol. The van der Waals surface area contributed by atoms with Gasteiger partial charge in [-0.3, -0.25) is 0 Å². The Bertz CT molecular complexity index is 624. The minimum atomic E-state index is 0.197. The Morgan fingerprint density at radius 2 is 2.05 bits per heavy atom. The molecule has 0 saturated carbocycles. The lowest BCUT2D eigenvalue weighted by Gasteiger charge is -2.28. The summed E-state index contributed by atoms with van der Waals surface area (Å²) in [7, 11) is 0. The summed E-state index contributed by atoms with van der Waals surface area (Å²) in [5.74, 6) is 1.47. The number of nitrogens with one attached hydrogen (secondary N) is 1. The Morgan fingerprint density at radius 3 is 2.80 bits per heavy atom. The fourth-order valence-electron chi connectivity index (χ4n) is 2.45. The molecule has 0 saturated heterocycles. The molecular weight excluding hydrogens is 314 g/mol. The zero-order valence-corrected chi connectivity index (χ0v) is 13.3. The number of fused-ring (bicyclic) bond motifs is 1. The van der Waals surface area contributed by atoms with E-state index < -0.39 is 0 Å². The van der Waals surface area contributed by atoms with Crippen molar-refractivity contribution in [3.8, 4) is 5.75 Å². The molecule has 1 aliphatic heterocycles. The second-order valence-electron chi connectivity index (χ2n) is 5.47. The van der Waals surface area contributed by atoms with Crippen LogP contribution in [0.2, 0.25) is 0 Å². The van der Waals surface area contributed by atoms with Gasteiger partial charge >= 0.3 is 0 Å². The van der Waals surface area contributed by atoms with Crippen molar-refractivity contribution in [1.29, 1.82) is 0 Å². The molecule has 104 valence electrons. The van der Waals surface area contributed by atoms with Crippen LogP contribution in [0, 0.1) is 0 Å². The third-order valence-corrected chi connectivity index (χ3v) is 4.15. The first-order valence-electron chi connectivity index (χ1n) is 6.92. The Balaban J connectivity index is 1.89. The first-order valence-corrected chi connectivity index (χ1v) is 7.71. The highest BCUT2D eigenvalue weighted by atomic mass is 79.9. The summed E-state index contributed by atoms with van der Waals surface area (Å²) in [6.45, 7) is 5.07. The molecule has 0 aliphatic carbocycles. The van der Waals surface area contributed by atoms with Crippen molar-refractivity contribution in [2.45, 2.75) is 25.8 Å². The van der Waals surface area contributed by atoms with Crippen molar-refractivity contribution in [1.82, 2.24) is 0 Å². The van der Waals surface area contributed by atoms with Crippen molar-refractivity contribution in [3.05, 3.63) is 58.1 Å². The highest BCUT2D eigenvalue weighted by Gasteiger charge is 2.21. The Hall–Kier alpha value is -1.48. The van der Waals surface area contributed by atoms with Crippen LogP contribution in [-0.4, -0.2) is 6.61 Å². The minimum absolute atomic E-state index is 0.197. The van der Waals surface area contributed by atoms with E-state index in [0.29, 0.717) is 12.5 Å². The molecule has 1 aliphatic rings. The molecule has 0 spiro atoms. The number of hydrogen-bond donors (Lipinski definition) is 1. The molecule has 0 aromatic heterocycles. The summed E-state index contributed by atoms with van der Waals surface area (Å²) in [4.78, 5) is 0. The average molecular weight is 332 g/mol. The minimum Gasteiger partial charge on any atom is -0.489 e. The standard InChI is InChI=1S/C17H18BrNO/c1-11(2)12-6-7-17-15(9-12)19-16(10-20-17)13-4-3-5-14(18)8-13/h3-9,11,16,19H,10H2,1-2H3. The van der Waals surface area contributed by atoms with Gasteiger partial charge < -0.3 is 10.1 Å². The molecule has 2 aromatic carbocycles. The van der Waals surface area contributed by atoms with Crippen LogP contribution in [0.1, 0.15) is 36.9 Å². The second kappa shape index (κ2) is 5.49. The summed E-state index contributed by atoms with van der Waals surface area (Å²) in [6.07, 6.45) is 0. The van der Waals surface area contributed by atoms with Crippen molar-refractivity contribution in [3.63, 3.8) is 0 Å². The molecule has 0 amide bonds. The maximum atomic E-state index is 5.89. The van der Waals surface area contributed by atoms with E-state index in [1.165, 1.54) is 11.1 Å². The maximum Gasteiger partial charge on any atom is 0.142 e. The van der Waals surface area contributed by atoms with Gasteiger partial charge in [-0.15, -0.1) is 0 Å². The zero-order valence-electron chi connectivity index (χ0n) is 11.7. The predicted octanol–water partition coefficient (Wildman–Crippen LogP) is 5.12. The van der Waals surface area contributed by atoms with Gasteiger partial charge in [0.15, 0.2) is 0 Å². The highest BCUT2D eigenvalue weighted by molar-refractivity contribution is 9.10. The lowest BCUT2D eigenvalue weighted by molar-refractivity contribution is 0.286. The van der Waals surface area contributed by atoms with Gasteiger partial charge in [-0.1, -0.05) is 48.0 Å². The third kappa shape index (κ3) is 2.68. The van der Waals surface area contributed by atoms with E-state index in [4.69, 9.17) is 4.74 Å². The number of rotatable bonds is 2. The number of halogens is 1. The SMILES string of the molecule is CC(C)c1ccc2c(c1)NC(c1cccc(Br)c1)CO2. The number of ether oxygens (including phenoxy) is 1. The van der Waals surface area contributed by atoms with E-state index in [2.05, 4.69) is 71.5 Å².